The maximum Gasteiger partial charge on any atom is 0.0551 e. The molecule has 0 bridgehead atoms. The second-order valence-electron chi connectivity index (χ2n) is 6.31. The molecule has 1 aromatic carbocycles. The molecule has 3 rings (SSSR count). The van der Waals surface area contributed by atoms with Crippen LogP contribution >= 0.6 is 27.5 Å². The number of nitrogens with zero attached hydrogens (tertiary/aromatic N) is 1. The zero-order valence-corrected chi connectivity index (χ0v) is 13.8. The molecule has 2 nitrogen and oxygen atoms in total. The highest BCUT2D eigenvalue weighted by Gasteiger charge is 2.49. The van der Waals surface area contributed by atoms with E-state index in [-0.39, 0.29) is 5.54 Å². The van der Waals surface area contributed by atoms with Crippen molar-refractivity contribution < 1.29 is 0 Å². The topological polar surface area (TPSA) is 15.3 Å². The Kier molecular flexibility index (Phi) is 3.67. The van der Waals surface area contributed by atoms with E-state index in [2.05, 4.69) is 52.1 Å². The fourth-order valence-electron chi connectivity index (χ4n) is 3.63. The summed E-state index contributed by atoms with van der Waals surface area (Å²) >= 11 is 9.64. The summed E-state index contributed by atoms with van der Waals surface area (Å²) in [5.41, 5.74) is 1.57. The number of fused-ring (bicyclic) bond motifs is 1. The molecule has 19 heavy (non-hydrogen) atoms. The third-order valence-electron chi connectivity index (χ3n) is 4.87. The number of hydrogen-bond donors (Lipinski definition) is 1. The summed E-state index contributed by atoms with van der Waals surface area (Å²) in [6, 6.07) is 6.29. The molecule has 0 saturated carbocycles. The van der Waals surface area contributed by atoms with Crippen molar-refractivity contribution in [3.8, 4) is 0 Å². The molecule has 104 valence electrons. The van der Waals surface area contributed by atoms with Gasteiger partial charge in [0.2, 0.25) is 0 Å². The molecule has 2 aliphatic heterocycles. The van der Waals surface area contributed by atoms with Crippen LogP contribution in [0, 0.1) is 11.8 Å². The fourth-order valence-corrected chi connectivity index (χ4v) is 4.08. The van der Waals surface area contributed by atoms with Crippen LogP contribution < -0.4 is 5.32 Å². The van der Waals surface area contributed by atoms with Crippen molar-refractivity contribution in [1.29, 1.82) is 0 Å². The third kappa shape index (κ3) is 2.46. The number of halogens is 2. The molecule has 0 radical (unpaired) electrons. The first-order valence-electron chi connectivity index (χ1n) is 6.88. The summed E-state index contributed by atoms with van der Waals surface area (Å²) in [4.78, 5) is 2.61. The van der Waals surface area contributed by atoms with E-state index >= 15 is 0 Å². The molecule has 2 heterocycles. The largest absolute Gasteiger partial charge is 0.316 e. The summed E-state index contributed by atoms with van der Waals surface area (Å²) in [6.07, 6.45) is 0. The fraction of sp³-hybridized carbons (Fsp3) is 0.600. The Morgan fingerprint density at radius 2 is 2.21 bits per heavy atom. The Hall–Kier alpha value is -0.0900. The average molecular weight is 344 g/mol. The monoisotopic (exact) mass is 342 g/mol. The van der Waals surface area contributed by atoms with Gasteiger partial charge in [-0.05, 0) is 65.9 Å². The lowest BCUT2D eigenvalue weighted by Crippen LogP contribution is -2.43. The zero-order chi connectivity index (χ0) is 13.6. The quantitative estimate of drug-likeness (QED) is 0.883. The maximum absolute atomic E-state index is 6.19. The Labute approximate surface area is 128 Å². The SMILES string of the molecule is CC1(C)C2CNCC2CN1Cc1ccc(Br)c(Cl)c1. The van der Waals surface area contributed by atoms with Gasteiger partial charge >= 0.3 is 0 Å². The van der Waals surface area contributed by atoms with E-state index in [1.807, 2.05) is 6.07 Å². The van der Waals surface area contributed by atoms with Crippen molar-refractivity contribution in [1.82, 2.24) is 10.2 Å². The normalized spacial score (nSPS) is 29.7. The lowest BCUT2D eigenvalue weighted by Gasteiger charge is -2.35. The average Bonchev–Trinajstić information content (AvgIpc) is 2.89. The molecule has 2 fully saturated rings. The predicted molar refractivity (Wildman–Crippen MR) is 83.5 cm³/mol. The number of likely N-dealkylation sites (tertiary alicyclic amines) is 1. The lowest BCUT2D eigenvalue weighted by molar-refractivity contribution is 0.132. The van der Waals surface area contributed by atoms with Crippen LogP contribution in [0.4, 0.5) is 0 Å². The van der Waals surface area contributed by atoms with Crippen molar-refractivity contribution in [2.45, 2.75) is 25.9 Å². The van der Waals surface area contributed by atoms with Crippen LogP contribution in [0.25, 0.3) is 0 Å². The van der Waals surface area contributed by atoms with Gasteiger partial charge in [-0.2, -0.15) is 0 Å². The van der Waals surface area contributed by atoms with Crippen LogP contribution in [-0.2, 0) is 6.54 Å². The Bertz CT molecular complexity index is 489. The van der Waals surface area contributed by atoms with Crippen molar-refractivity contribution in [2.24, 2.45) is 11.8 Å². The molecule has 2 unspecified atom stereocenters. The summed E-state index contributed by atoms with van der Waals surface area (Å²) in [5.74, 6) is 1.58. The van der Waals surface area contributed by atoms with Crippen LogP contribution in [0.2, 0.25) is 5.02 Å². The minimum Gasteiger partial charge on any atom is -0.316 e. The molecule has 4 heteroatoms. The van der Waals surface area contributed by atoms with Crippen LogP contribution in [0.15, 0.2) is 22.7 Å². The van der Waals surface area contributed by atoms with E-state index in [0.717, 1.165) is 34.4 Å². The molecule has 0 aromatic heterocycles. The maximum atomic E-state index is 6.19. The smallest absolute Gasteiger partial charge is 0.0551 e. The van der Waals surface area contributed by atoms with Gasteiger partial charge in [0.15, 0.2) is 0 Å². The van der Waals surface area contributed by atoms with Gasteiger partial charge in [-0.1, -0.05) is 17.7 Å². The van der Waals surface area contributed by atoms with E-state index in [4.69, 9.17) is 11.6 Å². The van der Waals surface area contributed by atoms with Gasteiger partial charge < -0.3 is 5.32 Å². The first kappa shape index (κ1) is 13.9. The van der Waals surface area contributed by atoms with Crippen molar-refractivity contribution >= 4 is 27.5 Å². The predicted octanol–water partition coefficient (Wildman–Crippen LogP) is 3.53. The Morgan fingerprint density at radius 3 is 2.89 bits per heavy atom. The minimum atomic E-state index is 0.272. The molecular weight excluding hydrogens is 324 g/mol. The molecule has 2 aliphatic rings. The number of hydrogen-bond acceptors (Lipinski definition) is 2. The highest BCUT2D eigenvalue weighted by molar-refractivity contribution is 9.10. The second-order valence-corrected chi connectivity index (χ2v) is 7.57. The van der Waals surface area contributed by atoms with Gasteiger partial charge in [-0.25, -0.2) is 0 Å². The molecule has 2 atom stereocenters. The number of nitrogens with one attached hydrogen (secondary N) is 1. The molecule has 0 aliphatic carbocycles. The van der Waals surface area contributed by atoms with Crippen LogP contribution in [-0.4, -0.2) is 30.1 Å². The number of rotatable bonds is 2. The molecule has 2 saturated heterocycles. The Morgan fingerprint density at radius 1 is 1.42 bits per heavy atom. The first-order valence-corrected chi connectivity index (χ1v) is 8.05. The van der Waals surface area contributed by atoms with E-state index in [1.165, 1.54) is 18.7 Å². The summed E-state index contributed by atoms with van der Waals surface area (Å²) in [7, 11) is 0. The first-order chi connectivity index (χ1) is 8.98. The van der Waals surface area contributed by atoms with Crippen LogP contribution in [0.3, 0.4) is 0 Å². The van der Waals surface area contributed by atoms with Crippen LogP contribution in [0.1, 0.15) is 19.4 Å². The highest BCUT2D eigenvalue weighted by atomic mass is 79.9. The van der Waals surface area contributed by atoms with Crippen molar-refractivity contribution in [3.05, 3.63) is 33.3 Å². The van der Waals surface area contributed by atoms with Gasteiger partial charge in [0.1, 0.15) is 0 Å². The van der Waals surface area contributed by atoms with Gasteiger partial charge in [0, 0.05) is 29.6 Å². The van der Waals surface area contributed by atoms with Gasteiger partial charge in [-0.15, -0.1) is 0 Å². The van der Waals surface area contributed by atoms with Gasteiger partial charge in [0.25, 0.3) is 0 Å². The zero-order valence-electron chi connectivity index (χ0n) is 11.4. The van der Waals surface area contributed by atoms with Gasteiger partial charge in [0.05, 0.1) is 5.02 Å². The minimum absolute atomic E-state index is 0.272. The standard InChI is InChI=1S/C15H20BrClN2/c1-15(2)12-7-18-6-11(12)9-19(15)8-10-3-4-13(16)14(17)5-10/h3-5,11-12,18H,6-9H2,1-2H3. The van der Waals surface area contributed by atoms with Gasteiger partial charge in [-0.3, -0.25) is 4.90 Å². The summed E-state index contributed by atoms with van der Waals surface area (Å²) in [5, 5.41) is 4.33. The second kappa shape index (κ2) is 5.03. The highest BCUT2D eigenvalue weighted by Crippen LogP contribution is 2.41. The molecule has 0 spiro atoms. The van der Waals surface area contributed by atoms with Crippen LogP contribution in [0.5, 0.6) is 0 Å². The lowest BCUT2D eigenvalue weighted by atomic mass is 9.85. The molecule has 0 amide bonds. The van der Waals surface area contributed by atoms with E-state index < -0.39 is 0 Å². The third-order valence-corrected chi connectivity index (χ3v) is 6.11. The molecule has 1 N–H and O–H groups in total. The van der Waals surface area contributed by atoms with E-state index in [1.54, 1.807) is 0 Å². The van der Waals surface area contributed by atoms with E-state index in [0.29, 0.717) is 0 Å². The van der Waals surface area contributed by atoms with E-state index in [9.17, 15) is 0 Å². The number of benzene rings is 1. The molecule has 1 aromatic rings. The van der Waals surface area contributed by atoms with Crippen molar-refractivity contribution in [2.75, 3.05) is 19.6 Å². The summed E-state index contributed by atoms with van der Waals surface area (Å²) < 4.78 is 0.972. The van der Waals surface area contributed by atoms with Crippen molar-refractivity contribution in [3.63, 3.8) is 0 Å². The molecular formula is C15H20BrClN2. The summed E-state index contributed by atoms with van der Waals surface area (Å²) in [6.45, 7) is 9.28. The Balaban J connectivity index is 1.78.